The molecule has 0 aliphatic carbocycles. The second-order valence-electron chi connectivity index (χ2n) is 3.40. The van der Waals surface area contributed by atoms with Gasteiger partial charge < -0.3 is 4.74 Å². The van der Waals surface area contributed by atoms with E-state index in [2.05, 4.69) is 4.98 Å². The molecule has 3 nitrogen and oxygen atoms in total. The molecule has 1 heterocycles. The average Bonchev–Trinajstić information content (AvgIpc) is 2.21. The van der Waals surface area contributed by atoms with E-state index >= 15 is 0 Å². The molecule has 0 aromatic carbocycles. The maximum absolute atomic E-state index is 12.6. The number of aromatic nitrogens is 1. The molecule has 0 aliphatic rings. The normalized spacial score (nSPS) is 10.7. The largest absolute Gasteiger partial charge is 0.466 e. The van der Waals surface area contributed by atoms with Gasteiger partial charge >= 0.3 is 5.97 Å². The highest BCUT2D eigenvalue weighted by molar-refractivity contribution is 6.30. The number of hydrogen-bond donors (Lipinski definition) is 0. The lowest BCUT2D eigenvalue weighted by Gasteiger charge is -2.09. The predicted molar refractivity (Wildman–Crippen MR) is 59.3 cm³/mol. The lowest BCUT2D eigenvalue weighted by atomic mass is 10.1. The molecule has 1 aromatic rings. The number of nitrogens with zero attached hydrogens (tertiary/aromatic N) is 1. The minimum Gasteiger partial charge on any atom is -0.466 e. The van der Waals surface area contributed by atoms with E-state index < -0.39 is 12.4 Å². The molecule has 0 amide bonds. The van der Waals surface area contributed by atoms with Crippen LogP contribution >= 0.6 is 11.6 Å². The number of pyridine rings is 1. The molecule has 1 aromatic heterocycles. The van der Waals surface area contributed by atoms with Gasteiger partial charge in [0.2, 0.25) is 0 Å². The van der Waals surface area contributed by atoms with Gasteiger partial charge in [-0.2, -0.15) is 0 Å². The third-order valence-electron chi connectivity index (χ3n) is 2.17. The van der Waals surface area contributed by atoms with Gasteiger partial charge in [-0.15, -0.1) is 0 Å². The number of esters is 1. The Labute approximate surface area is 103 Å². The number of aryl methyl sites for hydroxylation is 1. The van der Waals surface area contributed by atoms with E-state index in [4.69, 9.17) is 16.3 Å². The number of halogens is 3. The summed E-state index contributed by atoms with van der Waals surface area (Å²) in [5.41, 5.74) is 0.493. The molecule has 6 heteroatoms. The molecule has 0 saturated carbocycles. The number of alkyl halides is 2. The van der Waals surface area contributed by atoms with Gasteiger partial charge in [0.25, 0.3) is 6.43 Å². The van der Waals surface area contributed by atoms with Gasteiger partial charge in [0.15, 0.2) is 0 Å². The van der Waals surface area contributed by atoms with Gasteiger partial charge in [0, 0.05) is 5.69 Å². The van der Waals surface area contributed by atoms with Crippen LogP contribution in [-0.4, -0.2) is 17.6 Å². The van der Waals surface area contributed by atoms with E-state index in [0.29, 0.717) is 11.3 Å². The molecule has 0 unspecified atom stereocenters. The van der Waals surface area contributed by atoms with E-state index in [0.717, 1.165) is 0 Å². The van der Waals surface area contributed by atoms with E-state index in [9.17, 15) is 13.6 Å². The maximum atomic E-state index is 12.6. The van der Waals surface area contributed by atoms with Gasteiger partial charge in [-0.1, -0.05) is 11.6 Å². The number of ether oxygens (including phenoxy) is 1. The highest BCUT2D eigenvalue weighted by Crippen LogP contribution is 2.27. The molecule has 0 N–H and O–H groups in total. The van der Waals surface area contributed by atoms with Crippen LogP contribution in [0.5, 0.6) is 0 Å². The second-order valence-corrected chi connectivity index (χ2v) is 3.75. The fourth-order valence-corrected chi connectivity index (χ4v) is 1.60. The monoisotopic (exact) mass is 263 g/mol. The van der Waals surface area contributed by atoms with Gasteiger partial charge in [0.1, 0.15) is 5.15 Å². The van der Waals surface area contributed by atoms with Crippen LogP contribution in [0.2, 0.25) is 5.15 Å². The van der Waals surface area contributed by atoms with Gasteiger partial charge in [0.05, 0.1) is 18.6 Å². The predicted octanol–water partition coefficient (Wildman–Crippen LogP) is 3.09. The van der Waals surface area contributed by atoms with E-state index in [1.807, 2.05) is 0 Å². The quantitative estimate of drug-likeness (QED) is 0.619. The van der Waals surface area contributed by atoms with Crippen molar-refractivity contribution >= 4 is 17.6 Å². The summed E-state index contributed by atoms with van der Waals surface area (Å²) < 4.78 is 29.9. The van der Waals surface area contributed by atoms with Crippen LogP contribution in [0.4, 0.5) is 8.78 Å². The van der Waals surface area contributed by atoms with Crippen molar-refractivity contribution in [3.63, 3.8) is 0 Å². The Morgan fingerprint density at radius 3 is 2.76 bits per heavy atom. The molecule has 0 saturated heterocycles. The molecule has 94 valence electrons. The van der Waals surface area contributed by atoms with Gasteiger partial charge in [-0.25, -0.2) is 13.8 Å². The second kappa shape index (κ2) is 5.91. The summed E-state index contributed by atoms with van der Waals surface area (Å²) in [7, 11) is 0. The minimum atomic E-state index is -2.71. The zero-order valence-electron chi connectivity index (χ0n) is 9.47. The lowest BCUT2D eigenvalue weighted by Crippen LogP contribution is -2.10. The first-order valence-corrected chi connectivity index (χ1v) is 5.43. The minimum absolute atomic E-state index is 0.0798. The average molecular weight is 264 g/mol. The first kappa shape index (κ1) is 13.8. The van der Waals surface area contributed by atoms with Gasteiger partial charge in [-0.05, 0) is 25.5 Å². The van der Waals surface area contributed by atoms with Crippen LogP contribution in [0.25, 0.3) is 0 Å². The number of carbonyl (C=O) groups is 1. The molecule has 0 aliphatic heterocycles. The van der Waals surface area contributed by atoms with Crippen molar-refractivity contribution in [1.82, 2.24) is 4.98 Å². The zero-order valence-corrected chi connectivity index (χ0v) is 10.2. The fraction of sp³-hybridized carbons (Fsp3) is 0.455. The topological polar surface area (TPSA) is 39.2 Å². The number of hydrogen-bond acceptors (Lipinski definition) is 3. The van der Waals surface area contributed by atoms with Crippen molar-refractivity contribution in [3.8, 4) is 0 Å². The SMILES string of the molecule is CCOC(=O)Cc1cc(C(F)F)c(Cl)nc1C. The Balaban J connectivity index is 2.99. The standard InChI is InChI=1S/C11H12ClF2NO2/c1-3-17-9(16)5-7-4-8(11(13)14)10(12)15-6(7)2/h4,11H,3,5H2,1-2H3. The number of carbonyl (C=O) groups excluding carboxylic acids is 1. The smallest absolute Gasteiger partial charge is 0.310 e. The first-order valence-electron chi connectivity index (χ1n) is 5.05. The third kappa shape index (κ3) is 3.63. The molecule has 17 heavy (non-hydrogen) atoms. The Morgan fingerprint density at radius 2 is 2.24 bits per heavy atom. The molecule has 0 bridgehead atoms. The molecular formula is C11H12ClF2NO2. The van der Waals surface area contributed by atoms with Crippen molar-refractivity contribution in [1.29, 1.82) is 0 Å². The molecular weight excluding hydrogens is 252 g/mol. The van der Waals surface area contributed by atoms with Crippen LogP contribution < -0.4 is 0 Å². The summed E-state index contributed by atoms with van der Waals surface area (Å²) in [6.07, 6.45) is -2.79. The van der Waals surface area contributed by atoms with E-state index in [-0.39, 0.29) is 23.7 Å². The number of rotatable bonds is 4. The lowest BCUT2D eigenvalue weighted by molar-refractivity contribution is -0.142. The zero-order chi connectivity index (χ0) is 13.0. The highest BCUT2D eigenvalue weighted by Gasteiger charge is 2.17. The molecule has 0 radical (unpaired) electrons. The highest BCUT2D eigenvalue weighted by atomic mass is 35.5. The first-order chi connectivity index (χ1) is 7.95. The summed E-state index contributed by atoms with van der Waals surface area (Å²) in [5.74, 6) is -0.472. The Bertz CT molecular complexity index is 424. The third-order valence-corrected chi connectivity index (χ3v) is 2.48. The van der Waals surface area contributed by atoms with Crippen LogP contribution in [0, 0.1) is 6.92 Å². The van der Waals surface area contributed by atoms with Crippen LogP contribution in [0.15, 0.2) is 6.07 Å². The fourth-order valence-electron chi connectivity index (χ4n) is 1.33. The van der Waals surface area contributed by atoms with Crippen molar-refractivity contribution in [2.75, 3.05) is 6.61 Å². The Morgan fingerprint density at radius 1 is 1.59 bits per heavy atom. The van der Waals surface area contributed by atoms with E-state index in [1.165, 1.54) is 6.07 Å². The Kier molecular flexibility index (Phi) is 4.81. The summed E-state index contributed by atoms with van der Waals surface area (Å²) in [4.78, 5) is 15.0. The van der Waals surface area contributed by atoms with Crippen molar-refractivity contribution in [2.45, 2.75) is 26.7 Å². The van der Waals surface area contributed by atoms with Crippen molar-refractivity contribution < 1.29 is 18.3 Å². The molecule has 0 fully saturated rings. The maximum Gasteiger partial charge on any atom is 0.310 e. The van der Waals surface area contributed by atoms with Crippen molar-refractivity contribution in [2.24, 2.45) is 0 Å². The molecule has 0 atom stereocenters. The summed E-state index contributed by atoms with van der Waals surface area (Å²) in [6, 6.07) is 1.20. The Hall–Kier alpha value is -1.23. The van der Waals surface area contributed by atoms with Crippen LogP contribution in [0.1, 0.15) is 30.2 Å². The van der Waals surface area contributed by atoms with Crippen LogP contribution in [-0.2, 0) is 16.0 Å². The van der Waals surface area contributed by atoms with Crippen LogP contribution in [0.3, 0.4) is 0 Å². The van der Waals surface area contributed by atoms with Gasteiger partial charge in [-0.3, -0.25) is 4.79 Å². The summed E-state index contributed by atoms with van der Waals surface area (Å²) >= 11 is 5.59. The molecule has 1 rings (SSSR count). The summed E-state index contributed by atoms with van der Waals surface area (Å²) in [5, 5.41) is -0.231. The van der Waals surface area contributed by atoms with E-state index in [1.54, 1.807) is 13.8 Å². The molecule has 0 spiro atoms. The van der Waals surface area contributed by atoms with Crippen molar-refractivity contribution in [3.05, 3.63) is 28.0 Å². The summed E-state index contributed by atoms with van der Waals surface area (Å²) in [6.45, 7) is 3.53.